The van der Waals surface area contributed by atoms with Crippen molar-refractivity contribution in [1.82, 2.24) is 0 Å². The van der Waals surface area contributed by atoms with E-state index in [2.05, 4.69) is 0 Å². The van der Waals surface area contributed by atoms with E-state index in [1.54, 1.807) is 6.07 Å². The SMILES string of the molecule is OCCCCOc1cc(CO)c2c(c1)C(O)(C(F)(F)F)c1ccccc1-2. The minimum Gasteiger partial charge on any atom is -0.494 e. The fourth-order valence-corrected chi connectivity index (χ4v) is 3.36. The third-order valence-corrected chi connectivity index (χ3v) is 4.57. The summed E-state index contributed by atoms with van der Waals surface area (Å²) in [5.41, 5.74) is -3.06. The number of aliphatic hydroxyl groups excluding tert-OH is 2. The average molecular weight is 368 g/mol. The molecule has 2 aromatic rings. The Bertz CT molecular complexity index is 804. The zero-order valence-corrected chi connectivity index (χ0v) is 13.9. The maximum absolute atomic E-state index is 13.8. The molecule has 0 heterocycles. The van der Waals surface area contributed by atoms with Crippen molar-refractivity contribution in [2.24, 2.45) is 0 Å². The molecule has 4 nitrogen and oxygen atoms in total. The van der Waals surface area contributed by atoms with Crippen molar-refractivity contribution in [3.05, 3.63) is 53.1 Å². The van der Waals surface area contributed by atoms with E-state index in [9.17, 15) is 23.4 Å². The fraction of sp³-hybridized carbons (Fsp3) is 0.368. The second-order valence-corrected chi connectivity index (χ2v) is 6.20. The smallest absolute Gasteiger partial charge is 0.425 e. The lowest BCUT2D eigenvalue weighted by atomic mass is 9.90. The van der Waals surface area contributed by atoms with E-state index in [-0.39, 0.29) is 46.8 Å². The molecule has 0 spiro atoms. The van der Waals surface area contributed by atoms with Crippen LogP contribution in [0, 0.1) is 0 Å². The summed E-state index contributed by atoms with van der Waals surface area (Å²) in [4.78, 5) is 0. The van der Waals surface area contributed by atoms with E-state index < -0.39 is 18.4 Å². The maximum atomic E-state index is 13.8. The van der Waals surface area contributed by atoms with Crippen LogP contribution in [0.3, 0.4) is 0 Å². The van der Waals surface area contributed by atoms with Crippen LogP contribution in [0.4, 0.5) is 13.2 Å². The van der Waals surface area contributed by atoms with Gasteiger partial charge in [0.15, 0.2) is 0 Å². The summed E-state index contributed by atoms with van der Waals surface area (Å²) in [5, 5.41) is 29.2. The minimum absolute atomic E-state index is 0.00142. The van der Waals surface area contributed by atoms with Gasteiger partial charge < -0.3 is 20.1 Å². The van der Waals surface area contributed by atoms with Crippen molar-refractivity contribution in [2.75, 3.05) is 13.2 Å². The van der Waals surface area contributed by atoms with Crippen molar-refractivity contribution in [1.29, 1.82) is 0 Å². The molecule has 140 valence electrons. The van der Waals surface area contributed by atoms with Crippen LogP contribution in [-0.2, 0) is 12.2 Å². The highest BCUT2D eigenvalue weighted by atomic mass is 19.4. The highest BCUT2D eigenvalue weighted by Gasteiger charge is 2.61. The average Bonchev–Trinajstić information content (AvgIpc) is 2.89. The van der Waals surface area contributed by atoms with Crippen molar-refractivity contribution < 1.29 is 33.2 Å². The van der Waals surface area contributed by atoms with Crippen LogP contribution in [0.25, 0.3) is 11.1 Å². The summed E-state index contributed by atoms with van der Waals surface area (Å²) in [6.07, 6.45) is -3.89. The Morgan fingerprint density at radius 3 is 2.38 bits per heavy atom. The number of halogens is 3. The van der Waals surface area contributed by atoms with Gasteiger partial charge in [0.1, 0.15) is 5.75 Å². The molecule has 0 aromatic heterocycles. The second kappa shape index (κ2) is 6.90. The first kappa shape index (κ1) is 18.7. The number of unbranched alkanes of at least 4 members (excludes halogenated alkanes) is 1. The fourth-order valence-electron chi connectivity index (χ4n) is 3.36. The number of hydrogen-bond donors (Lipinski definition) is 3. The molecule has 0 aliphatic heterocycles. The molecule has 0 bridgehead atoms. The number of fused-ring (bicyclic) bond motifs is 3. The number of rotatable bonds is 6. The molecular weight excluding hydrogens is 349 g/mol. The Kier molecular flexibility index (Phi) is 4.96. The first-order chi connectivity index (χ1) is 12.3. The molecule has 0 saturated heterocycles. The second-order valence-electron chi connectivity index (χ2n) is 6.20. The van der Waals surface area contributed by atoms with E-state index in [1.807, 2.05) is 0 Å². The molecule has 3 N–H and O–H groups in total. The Morgan fingerprint density at radius 2 is 1.73 bits per heavy atom. The van der Waals surface area contributed by atoms with E-state index in [0.29, 0.717) is 12.8 Å². The molecule has 1 unspecified atom stereocenters. The highest BCUT2D eigenvalue weighted by Crippen LogP contribution is 2.56. The number of hydrogen-bond acceptors (Lipinski definition) is 4. The van der Waals surface area contributed by atoms with E-state index in [4.69, 9.17) is 9.84 Å². The van der Waals surface area contributed by atoms with Crippen LogP contribution < -0.4 is 4.74 Å². The first-order valence-electron chi connectivity index (χ1n) is 8.25. The number of aliphatic hydroxyl groups is 3. The van der Waals surface area contributed by atoms with Crippen molar-refractivity contribution >= 4 is 0 Å². The zero-order valence-electron chi connectivity index (χ0n) is 13.9. The monoisotopic (exact) mass is 368 g/mol. The summed E-state index contributed by atoms with van der Waals surface area (Å²) in [6, 6.07) is 8.43. The summed E-state index contributed by atoms with van der Waals surface area (Å²) in [5.74, 6) is 0.140. The molecular formula is C19H19F3O4. The molecule has 7 heteroatoms. The summed E-state index contributed by atoms with van der Waals surface area (Å²) >= 11 is 0. The van der Waals surface area contributed by atoms with Crippen LogP contribution in [0.15, 0.2) is 36.4 Å². The molecule has 0 saturated carbocycles. The van der Waals surface area contributed by atoms with Crippen molar-refractivity contribution in [3.63, 3.8) is 0 Å². The van der Waals surface area contributed by atoms with Crippen LogP contribution in [0.2, 0.25) is 0 Å². The molecule has 1 aliphatic rings. The lowest BCUT2D eigenvalue weighted by Crippen LogP contribution is -2.41. The topological polar surface area (TPSA) is 69.9 Å². The molecule has 1 atom stereocenters. The molecule has 26 heavy (non-hydrogen) atoms. The summed E-state index contributed by atoms with van der Waals surface area (Å²) < 4.78 is 47.0. The van der Waals surface area contributed by atoms with Gasteiger partial charge >= 0.3 is 6.18 Å². The Balaban J connectivity index is 2.14. The van der Waals surface area contributed by atoms with E-state index >= 15 is 0 Å². The highest BCUT2D eigenvalue weighted by molar-refractivity contribution is 5.83. The first-order valence-corrected chi connectivity index (χ1v) is 8.25. The number of ether oxygens (including phenoxy) is 1. The summed E-state index contributed by atoms with van der Waals surface area (Å²) in [7, 11) is 0. The van der Waals surface area contributed by atoms with Crippen LogP contribution in [0.5, 0.6) is 5.75 Å². The number of alkyl halides is 3. The van der Waals surface area contributed by atoms with Gasteiger partial charge in [0.25, 0.3) is 0 Å². The van der Waals surface area contributed by atoms with E-state index in [0.717, 1.165) is 0 Å². The predicted molar refractivity (Wildman–Crippen MR) is 88.7 cm³/mol. The van der Waals surface area contributed by atoms with Crippen LogP contribution >= 0.6 is 0 Å². The zero-order chi connectivity index (χ0) is 18.9. The van der Waals surface area contributed by atoms with Gasteiger partial charge in [-0.3, -0.25) is 0 Å². The third-order valence-electron chi connectivity index (χ3n) is 4.57. The van der Waals surface area contributed by atoms with Gasteiger partial charge in [-0.15, -0.1) is 0 Å². The van der Waals surface area contributed by atoms with Crippen molar-refractivity contribution in [3.8, 4) is 16.9 Å². The molecule has 2 aromatic carbocycles. The molecule has 3 rings (SSSR count). The van der Waals surface area contributed by atoms with Crippen LogP contribution in [-0.4, -0.2) is 34.7 Å². The largest absolute Gasteiger partial charge is 0.494 e. The molecule has 0 radical (unpaired) electrons. The minimum atomic E-state index is -4.93. The normalized spacial score (nSPS) is 18.5. The predicted octanol–water partition coefficient (Wildman–Crippen LogP) is 3.11. The quantitative estimate of drug-likeness (QED) is 0.686. The lowest BCUT2D eigenvalue weighted by Gasteiger charge is -2.28. The van der Waals surface area contributed by atoms with Gasteiger partial charge in [-0.1, -0.05) is 24.3 Å². The molecule has 1 aliphatic carbocycles. The van der Waals surface area contributed by atoms with Gasteiger partial charge in [-0.05, 0) is 41.7 Å². The van der Waals surface area contributed by atoms with E-state index in [1.165, 1.54) is 30.3 Å². The van der Waals surface area contributed by atoms with Gasteiger partial charge in [0, 0.05) is 17.7 Å². The Labute approximate surface area is 148 Å². The van der Waals surface area contributed by atoms with Gasteiger partial charge in [-0.2, -0.15) is 13.2 Å². The van der Waals surface area contributed by atoms with Gasteiger partial charge in [-0.25, -0.2) is 0 Å². The Morgan fingerprint density at radius 1 is 1.00 bits per heavy atom. The van der Waals surface area contributed by atoms with Gasteiger partial charge in [0.2, 0.25) is 5.60 Å². The standard InChI is InChI=1S/C19H19F3O4/c20-19(21,22)18(25)15-6-2-1-5-14(15)17-12(11-24)9-13(10-16(17)18)26-8-4-3-7-23/h1-2,5-6,9-10,23-25H,3-4,7-8,11H2. The lowest BCUT2D eigenvalue weighted by molar-refractivity contribution is -0.246. The number of benzene rings is 2. The van der Waals surface area contributed by atoms with Crippen LogP contribution in [0.1, 0.15) is 29.5 Å². The molecule has 0 fully saturated rings. The third kappa shape index (κ3) is 2.86. The maximum Gasteiger partial charge on any atom is 0.425 e. The van der Waals surface area contributed by atoms with Crippen molar-refractivity contribution in [2.45, 2.75) is 31.2 Å². The molecule has 0 amide bonds. The Hall–Kier alpha value is -2.09. The van der Waals surface area contributed by atoms with Gasteiger partial charge in [0.05, 0.1) is 13.2 Å². The summed E-state index contributed by atoms with van der Waals surface area (Å²) in [6.45, 7) is -0.279.